The van der Waals surface area contributed by atoms with Gasteiger partial charge in [0.1, 0.15) is 5.75 Å². The summed E-state index contributed by atoms with van der Waals surface area (Å²) >= 11 is 0. The van der Waals surface area contributed by atoms with E-state index in [0.717, 1.165) is 25.7 Å². The van der Waals surface area contributed by atoms with Gasteiger partial charge in [0.2, 0.25) is 0 Å². The van der Waals surface area contributed by atoms with E-state index >= 15 is 0 Å². The van der Waals surface area contributed by atoms with E-state index in [1.54, 1.807) is 19.2 Å². The number of para-hydroxylation sites is 1. The van der Waals surface area contributed by atoms with Crippen LogP contribution in [0.3, 0.4) is 0 Å². The second-order valence-corrected chi connectivity index (χ2v) is 6.76. The molecule has 0 atom stereocenters. The number of carbonyl (C=O) groups is 1. The molecule has 0 unspecified atom stereocenters. The average molecular weight is 566 g/mol. The number of hydrogen-bond donors (Lipinski definition) is 2. The molecule has 26 heavy (non-hydrogen) atoms. The number of benzene rings is 2. The summed E-state index contributed by atoms with van der Waals surface area (Å²) in [5.74, 6) is 0.451. The summed E-state index contributed by atoms with van der Waals surface area (Å²) in [5, 5.41) is 13.0. The van der Waals surface area contributed by atoms with Crippen LogP contribution in [-0.2, 0) is 5.41 Å². The number of aliphatic hydroxyl groups is 1. The summed E-state index contributed by atoms with van der Waals surface area (Å²) in [5.41, 5.74) is 1.64. The Bertz CT molecular complexity index is 712. The quantitative estimate of drug-likeness (QED) is 0.585. The summed E-state index contributed by atoms with van der Waals surface area (Å²) < 4.78 is 5.29. The third-order valence-corrected chi connectivity index (χ3v) is 5.24. The molecule has 4 nitrogen and oxygen atoms in total. The van der Waals surface area contributed by atoms with Crippen LogP contribution in [0.4, 0.5) is 0 Å². The van der Waals surface area contributed by atoms with Gasteiger partial charge >= 0.3 is 0 Å². The van der Waals surface area contributed by atoms with Crippen LogP contribution in [0.25, 0.3) is 0 Å². The van der Waals surface area contributed by atoms with Crippen molar-refractivity contribution in [3.63, 3.8) is 0 Å². The molecule has 1 aliphatic rings. The molecule has 1 aliphatic carbocycles. The first-order valence-corrected chi connectivity index (χ1v) is 8.79. The Morgan fingerprint density at radius 2 is 1.73 bits per heavy atom. The molecule has 3 rings (SSSR count). The number of amides is 1. The van der Waals surface area contributed by atoms with Gasteiger partial charge in [0.25, 0.3) is 5.91 Å². The van der Waals surface area contributed by atoms with Gasteiger partial charge in [-0.25, -0.2) is 0 Å². The molecule has 2 aromatic carbocycles. The minimum absolute atomic E-state index is 0. The van der Waals surface area contributed by atoms with Gasteiger partial charge in [0.05, 0.1) is 18.8 Å². The van der Waals surface area contributed by atoms with Crippen molar-refractivity contribution < 1.29 is 58.7 Å². The third-order valence-electron chi connectivity index (χ3n) is 5.24. The Balaban J connectivity index is 0.00000243. The molecule has 0 spiro atoms. The van der Waals surface area contributed by atoms with Crippen LogP contribution in [0.2, 0.25) is 0 Å². The molecule has 1 saturated carbocycles. The summed E-state index contributed by atoms with van der Waals surface area (Å²) in [6.45, 7) is 0.556. The van der Waals surface area contributed by atoms with Gasteiger partial charge in [-0.15, -0.1) is 0 Å². The average Bonchev–Trinajstić information content (AvgIpc) is 2.68. The SMILES string of the molecule is COc1ccccc1C(=O)NCC1(c2ccccc2)CCC(O)CC1.[Ac]. The first-order chi connectivity index (χ1) is 12.1. The van der Waals surface area contributed by atoms with Crippen LogP contribution in [0.5, 0.6) is 5.75 Å². The molecule has 0 aliphatic heterocycles. The molecular weight excluding hydrogens is 541 g/mol. The molecule has 5 heteroatoms. The van der Waals surface area contributed by atoms with E-state index in [1.165, 1.54) is 5.56 Å². The van der Waals surface area contributed by atoms with E-state index < -0.39 is 0 Å². The Morgan fingerprint density at radius 3 is 2.38 bits per heavy atom. The van der Waals surface area contributed by atoms with Crippen molar-refractivity contribution in [3.05, 3.63) is 65.7 Å². The van der Waals surface area contributed by atoms with E-state index in [2.05, 4.69) is 17.4 Å². The fourth-order valence-electron chi connectivity index (χ4n) is 3.69. The van der Waals surface area contributed by atoms with Crippen molar-refractivity contribution in [3.8, 4) is 5.75 Å². The van der Waals surface area contributed by atoms with Gasteiger partial charge in [-0.2, -0.15) is 0 Å². The van der Waals surface area contributed by atoms with Crippen LogP contribution in [0, 0.1) is 44.1 Å². The number of methoxy groups -OCH3 is 1. The second kappa shape index (κ2) is 9.88. The van der Waals surface area contributed by atoms with Crippen LogP contribution in [0.1, 0.15) is 41.6 Å². The van der Waals surface area contributed by atoms with E-state index in [4.69, 9.17) is 4.74 Å². The Labute approximate surface area is 190 Å². The van der Waals surface area contributed by atoms with Crippen LogP contribution >= 0.6 is 0 Å². The maximum atomic E-state index is 12.7. The van der Waals surface area contributed by atoms with Crippen LogP contribution in [-0.4, -0.2) is 30.8 Å². The largest absolute Gasteiger partial charge is 0.496 e. The molecule has 2 aromatic rings. The number of rotatable bonds is 5. The smallest absolute Gasteiger partial charge is 0.255 e. The Morgan fingerprint density at radius 1 is 1.12 bits per heavy atom. The van der Waals surface area contributed by atoms with Crippen molar-refractivity contribution in [2.24, 2.45) is 0 Å². The molecule has 0 saturated heterocycles. The number of aliphatic hydroxyl groups excluding tert-OH is 1. The first-order valence-electron chi connectivity index (χ1n) is 8.79. The van der Waals surface area contributed by atoms with Gasteiger partial charge in [-0.05, 0) is 43.4 Å². The summed E-state index contributed by atoms with van der Waals surface area (Å²) in [6, 6.07) is 17.5. The van der Waals surface area contributed by atoms with E-state index in [0.29, 0.717) is 17.9 Å². The third kappa shape index (κ3) is 4.88. The van der Waals surface area contributed by atoms with E-state index in [1.807, 2.05) is 30.3 Å². The van der Waals surface area contributed by atoms with Gasteiger partial charge in [-0.3, -0.25) is 4.79 Å². The van der Waals surface area contributed by atoms with Crippen molar-refractivity contribution >= 4 is 5.91 Å². The van der Waals surface area contributed by atoms with Crippen LogP contribution < -0.4 is 10.1 Å². The Kier molecular flexibility index (Phi) is 8.13. The molecule has 1 fully saturated rings. The number of ether oxygens (including phenoxy) is 1. The van der Waals surface area contributed by atoms with Gasteiger partial charge in [0.15, 0.2) is 0 Å². The fraction of sp³-hybridized carbons (Fsp3) is 0.381. The normalized spacial score (nSPS) is 22.2. The zero-order chi connectivity index (χ0) is 17.7. The van der Waals surface area contributed by atoms with Crippen molar-refractivity contribution in [1.29, 1.82) is 0 Å². The van der Waals surface area contributed by atoms with E-state index in [9.17, 15) is 9.90 Å². The molecular formula is C21H25AcNO3. The van der Waals surface area contributed by atoms with Crippen molar-refractivity contribution in [2.75, 3.05) is 13.7 Å². The predicted molar refractivity (Wildman–Crippen MR) is 97.9 cm³/mol. The zero-order valence-corrected chi connectivity index (χ0v) is 19.9. The second-order valence-electron chi connectivity index (χ2n) is 6.76. The van der Waals surface area contributed by atoms with Crippen molar-refractivity contribution in [1.82, 2.24) is 5.32 Å². The minimum atomic E-state index is -0.234. The van der Waals surface area contributed by atoms with Gasteiger partial charge < -0.3 is 15.2 Å². The molecule has 0 heterocycles. The van der Waals surface area contributed by atoms with E-state index in [-0.39, 0.29) is 61.5 Å². The summed E-state index contributed by atoms with van der Waals surface area (Å²) in [6.07, 6.45) is 3.02. The van der Waals surface area contributed by atoms with Crippen molar-refractivity contribution in [2.45, 2.75) is 37.2 Å². The first kappa shape index (κ1) is 21.4. The number of carbonyl (C=O) groups excluding carboxylic acids is 1. The zero-order valence-electron chi connectivity index (χ0n) is 15.2. The monoisotopic (exact) mass is 566 g/mol. The fourth-order valence-corrected chi connectivity index (χ4v) is 3.69. The number of hydrogen-bond acceptors (Lipinski definition) is 3. The molecule has 1 radical (unpaired) electrons. The molecule has 2 N–H and O–H groups in total. The molecule has 0 aromatic heterocycles. The van der Waals surface area contributed by atoms with Gasteiger partial charge in [0, 0.05) is 56.0 Å². The summed E-state index contributed by atoms with van der Waals surface area (Å²) in [7, 11) is 1.57. The predicted octanol–water partition coefficient (Wildman–Crippen LogP) is 3.30. The topological polar surface area (TPSA) is 58.6 Å². The van der Waals surface area contributed by atoms with Crippen LogP contribution in [0.15, 0.2) is 54.6 Å². The molecule has 135 valence electrons. The standard InChI is InChI=1S/C21H25NO3.Ac/c1-25-19-10-6-5-9-18(19)20(24)22-15-21(13-11-17(23)12-14-21)16-7-3-2-4-8-16;/h2-10,17,23H,11-15H2,1H3,(H,22,24);. The Hall–Kier alpha value is -0.888. The maximum absolute atomic E-state index is 12.7. The molecule has 1 amide bonds. The summed E-state index contributed by atoms with van der Waals surface area (Å²) in [4.78, 5) is 12.7. The maximum Gasteiger partial charge on any atom is 0.255 e. The molecule has 0 bridgehead atoms. The van der Waals surface area contributed by atoms with Gasteiger partial charge in [-0.1, -0.05) is 42.5 Å². The number of nitrogens with one attached hydrogen (secondary N) is 1. The minimum Gasteiger partial charge on any atom is -0.496 e.